The first-order valence-corrected chi connectivity index (χ1v) is 8.24. The lowest BCUT2D eigenvalue weighted by atomic mass is 10.2. The van der Waals surface area contributed by atoms with Crippen molar-refractivity contribution < 1.29 is 4.74 Å². The molecule has 1 heterocycles. The molecule has 25 heavy (non-hydrogen) atoms. The maximum Gasteiger partial charge on any atom is 0.280 e. The maximum absolute atomic E-state index is 12.7. The molecule has 0 radical (unpaired) electrons. The van der Waals surface area contributed by atoms with E-state index in [2.05, 4.69) is 10.1 Å². The van der Waals surface area contributed by atoms with Crippen molar-refractivity contribution in [3.05, 3.63) is 75.7 Å². The van der Waals surface area contributed by atoms with Gasteiger partial charge >= 0.3 is 0 Å². The molecule has 0 spiro atoms. The molecular weight excluding hydrogens is 314 g/mol. The number of H-pyrrole nitrogens is 1. The summed E-state index contributed by atoms with van der Waals surface area (Å²) in [6, 6.07) is 15.2. The van der Waals surface area contributed by atoms with E-state index in [1.807, 2.05) is 69.3 Å². The third-order valence-corrected chi connectivity index (χ3v) is 3.90. The normalized spacial score (nSPS) is 11.2. The summed E-state index contributed by atoms with van der Waals surface area (Å²) in [6.45, 7) is 6.45. The summed E-state index contributed by atoms with van der Waals surface area (Å²) in [4.78, 5) is 17.1. The van der Waals surface area contributed by atoms with Crippen LogP contribution in [-0.4, -0.2) is 22.6 Å². The fraction of sp³-hybridized carbons (Fsp3) is 0.200. The molecule has 3 rings (SSSR count). The molecular formula is C20H21N3O2. The zero-order valence-corrected chi connectivity index (χ0v) is 14.6. The maximum atomic E-state index is 12.7. The van der Waals surface area contributed by atoms with Crippen LogP contribution in [0.3, 0.4) is 0 Å². The Balaban J connectivity index is 1.88. The molecule has 0 aliphatic heterocycles. The molecule has 0 aliphatic carbocycles. The second-order valence-electron chi connectivity index (χ2n) is 5.81. The molecule has 0 amide bonds. The van der Waals surface area contributed by atoms with Gasteiger partial charge in [-0.05, 0) is 57.2 Å². The predicted octanol–water partition coefficient (Wildman–Crippen LogP) is 3.93. The summed E-state index contributed by atoms with van der Waals surface area (Å²) < 4.78 is 6.95. The van der Waals surface area contributed by atoms with E-state index in [-0.39, 0.29) is 5.56 Å². The number of aromatic nitrogens is 2. The van der Waals surface area contributed by atoms with E-state index >= 15 is 0 Å². The molecule has 5 heteroatoms. The molecule has 128 valence electrons. The Morgan fingerprint density at radius 2 is 1.76 bits per heavy atom. The molecule has 3 aromatic rings. The minimum Gasteiger partial charge on any atom is -0.494 e. The third-order valence-electron chi connectivity index (χ3n) is 3.90. The summed E-state index contributed by atoms with van der Waals surface area (Å²) in [5.41, 5.74) is 3.94. The van der Waals surface area contributed by atoms with E-state index in [9.17, 15) is 4.79 Å². The summed E-state index contributed by atoms with van der Waals surface area (Å²) in [5.74, 6) is 0.806. The van der Waals surface area contributed by atoms with Crippen molar-refractivity contribution >= 4 is 11.9 Å². The van der Waals surface area contributed by atoms with Gasteiger partial charge in [-0.2, -0.15) is 0 Å². The van der Waals surface area contributed by atoms with Crippen molar-refractivity contribution in [1.29, 1.82) is 0 Å². The fourth-order valence-electron chi connectivity index (χ4n) is 2.52. The van der Waals surface area contributed by atoms with Gasteiger partial charge in [0.05, 0.1) is 23.5 Å². The van der Waals surface area contributed by atoms with Gasteiger partial charge in [-0.25, -0.2) is 4.68 Å². The van der Waals surface area contributed by atoms with Gasteiger partial charge < -0.3 is 4.74 Å². The lowest BCUT2D eigenvalue weighted by molar-refractivity contribution is 0.340. The fourth-order valence-corrected chi connectivity index (χ4v) is 2.52. The first-order valence-electron chi connectivity index (χ1n) is 8.24. The molecule has 0 aliphatic rings. The Bertz CT molecular complexity index is 933. The average molecular weight is 335 g/mol. The monoisotopic (exact) mass is 335 g/mol. The average Bonchev–Trinajstić information content (AvgIpc) is 2.90. The minimum atomic E-state index is -0.115. The third kappa shape index (κ3) is 3.71. The topological polar surface area (TPSA) is 59.4 Å². The molecule has 0 saturated carbocycles. The Morgan fingerprint density at radius 3 is 2.40 bits per heavy atom. The predicted molar refractivity (Wildman–Crippen MR) is 101 cm³/mol. The summed E-state index contributed by atoms with van der Waals surface area (Å²) in [7, 11) is 0. The van der Waals surface area contributed by atoms with Gasteiger partial charge in [0.15, 0.2) is 0 Å². The summed E-state index contributed by atoms with van der Waals surface area (Å²) >= 11 is 0. The number of aryl methyl sites for hydroxylation is 2. The van der Waals surface area contributed by atoms with E-state index in [1.165, 1.54) is 4.68 Å². The van der Waals surface area contributed by atoms with Crippen LogP contribution in [0.5, 0.6) is 5.75 Å². The molecule has 0 unspecified atom stereocenters. The second-order valence-corrected chi connectivity index (χ2v) is 5.81. The van der Waals surface area contributed by atoms with Crippen molar-refractivity contribution in [2.24, 2.45) is 4.99 Å². The number of hydrogen-bond donors (Lipinski definition) is 1. The first-order chi connectivity index (χ1) is 12.1. The molecule has 0 saturated heterocycles. The highest BCUT2D eigenvalue weighted by Crippen LogP contribution is 2.18. The van der Waals surface area contributed by atoms with Gasteiger partial charge in [-0.1, -0.05) is 17.7 Å². The standard InChI is InChI=1S/C20H21N3O2/c1-4-25-18-11-7-16(8-12-18)21-13-19-15(3)22-23(20(19)24)17-9-5-14(2)6-10-17/h5-13,22H,4H2,1-3H3. The van der Waals surface area contributed by atoms with Crippen LogP contribution in [0.15, 0.2) is 58.3 Å². The van der Waals surface area contributed by atoms with Gasteiger partial charge in [0.1, 0.15) is 5.75 Å². The molecule has 0 atom stereocenters. The van der Waals surface area contributed by atoms with Crippen LogP contribution in [0.25, 0.3) is 5.69 Å². The molecule has 0 bridgehead atoms. The Hall–Kier alpha value is -3.08. The summed E-state index contributed by atoms with van der Waals surface area (Å²) in [5, 5.41) is 3.10. The zero-order valence-electron chi connectivity index (χ0n) is 14.6. The van der Waals surface area contributed by atoms with Crippen molar-refractivity contribution in [2.45, 2.75) is 20.8 Å². The molecule has 1 aromatic heterocycles. The van der Waals surface area contributed by atoms with Crippen LogP contribution in [0.4, 0.5) is 5.69 Å². The van der Waals surface area contributed by atoms with Crippen molar-refractivity contribution in [3.8, 4) is 11.4 Å². The summed E-state index contributed by atoms with van der Waals surface area (Å²) in [6.07, 6.45) is 1.61. The number of hydrogen-bond acceptors (Lipinski definition) is 3. The lowest BCUT2D eigenvalue weighted by Crippen LogP contribution is -2.17. The number of nitrogens with one attached hydrogen (secondary N) is 1. The van der Waals surface area contributed by atoms with E-state index in [4.69, 9.17) is 4.74 Å². The van der Waals surface area contributed by atoms with Crippen molar-refractivity contribution in [3.63, 3.8) is 0 Å². The Labute approximate surface area is 146 Å². The highest BCUT2D eigenvalue weighted by Gasteiger charge is 2.10. The highest BCUT2D eigenvalue weighted by atomic mass is 16.5. The minimum absolute atomic E-state index is 0.115. The lowest BCUT2D eigenvalue weighted by Gasteiger charge is -2.01. The Kier molecular flexibility index (Phi) is 4.84. The Morgan fingerprint density at radius 1 is 1.08 bits per heavy atom. The van der Waals surface area contributed by atoms with Gasteiger partial charge in [-0.15, -0.1) is 0 Å². The van der Waals surface area contributed by atoms with Crippen LogP contribution in [0, 0.1) is 13.8 Å². The van der Waals surface area contributed by atoms with Crippen LogP contribution in [0.1, 0.15) is 23.7 Å². The highest BCUT2D eigenvalue weighted by molar-refractivity contribution is 5.83. The van der Waals surface area contributed by atoms with E-state index < -0.39 is 0 Å². The quantitative estimate of drug-likeness (QED) is 0.718. The number of aliphatic imine (C=N–C) groups is 1. The van der Waals surface area contributed by atoms with Gasteiger partial charge in [-0.3, -0.25) is 14.9 Å². The van der Waals surface area contributed by atoms with E-state index in [0.29, 0.717) is 12.2 Å². The number of aromatic amines is 1. The van der Waals surface area contributed by atoms with E-state index in [1.54, 1.807) is 6.21 Å². The first kappa shape index (κ1) is 16.8. The molecule has 0 fully saturated rings. The zero-order chi connectivity index (χ0) is 17.8. The van der Waals surface area contributed by atoms with Crippen molar-refractivity contribution in [2.75, 3.05) is 6.61 Å². The number of benzene rings is 2. The second kappa shape index (κ2) is 7.21. The molecule has 5 nitrogen and oxygen atoms in total. The van der Waals surface area contributed by atoms with Crippen LogP contribution in [-0.2, 0) is 0 Å². The SMILES string of the molecule is CCOc1ccc(N=Cc2c(C)[nH]n(-c3ccc(C)cc3)c2=O)cc1. The van der Waals surface area contributed by atoms with Gasteiger partial charge in [0, 0.05) is 11.9 Å². The van der Waals surface area contributed by atoms with E-state index in [0.717, 1.165) is 28.4 Å². The number of rotatable bonds is 5. The molecule has 1 N–H and O–H groups in total. The molecule has 2 aromatic carbocycles. The van der Waals surface area contributed by atoms with Crippen LogP contribution >= 0.6 is 0 Å². The number of ether oxygens (including phenoxy) is 1. The van der Waals surface area contributed by atoms with Crippen LogP contribution < -0.4 is 10.3 Å². The smallest absolute Gasteiger partial charge is 0.280 e. The van der Waals surface area contributed by atoms with Gasteiger partial charge in [0.25, 0.3) is 5.56 Å². The largest absolute Gasteiger partial charge is 0.494 e. The van der Waals surface area contributed by atoms with Crippen molar-refractivity contribution in [1.82, 2.24) is 9.78 Å². The van der Waals surface area contributed by atoms with Crippen LogP contribution in [0.2, 0.25) is 0 Å². The number of nitrogens with zero attached hydrogens (tertiary/aromatic N) is 2. The van der Waals surface area contributed by atoms with Gasteiger partial charge in [0.2, 0.25) is 0 Å².